The van der Waals surface area contributed by atoms with Crippen LogP contribution < -0.4 is 5.73 Å². The molecule has 2 unspecified atom stereocenters. The molecule has 0 bridgehead atoms. The van der Waals surface area contributed by atoms with Crippen LogP contribution >= 0.6 is 0 Å². The van der Waals surface area contributed by atoms with E-state index in [9.17, 15) is 0 Å². The summed E-state index contributed by atoms with van der Waals surface area (Å²) < 4.78 is 0. The smallest absolute Gasteiger partial charge is 0.0499 e. The van der Waals surface area contributed by atoms with Crippen LogP contribution in [0.2, 0.25) is 0 Å². The highest BCUT2D eigenvalue weighted by molar-refractivity contribution is 5.26. The maximum absolute atomic E-state index is 6.46. The lowest BCUT2D eigenvalue weighted by Gasteiger charge is -2.43. The minimum atomic E-state index is 0.220. The molecule has 2 nitrogen and oxygen atoms in total. The summed E-state index contributed by atoms with van der Waals surface area (Å²) in [7, 11) is 0. The van der Waals surface area contributed by atoms with Gasteiger partial charge >= 0.3 is 0 Å². The van der Waals surface area contributed by atoms with Crippen molar-refractivity contribution in [2.24, 2.45) is 11.1 Å². The Hall–Kier alpha value is -0.860. The van der Waals surface area contributed by atoms with E-state index in [1.54, 1.807) is 0 Å². The Morgan fingerprint density at radius 1 is 1.25 bits per heavy atom. The van der Waals surface area contributed by atoms with Crippen molar-refractivity contribution in [3.63, 3.8) is 0 Å². The molecule has 1 aromatic carbocycles. The summed E-state index contributed by atoms with van der Waals surface area (Å²) in [6.07, 6.45) is 3.57. The van der Waals surface area contributed by atoms with E-state index in [0.717, 1.165) is 6.42 Å². The van der Waals surface area contributed by atoms with Gasteiger partial charge < -0.3 is 5.73 Å². The first-order valence-corrected chi connectivity index (χ1v) is 7.99. The van der Waals surface area contributed by atoms with Gasteiger partial charge in [0, 0.05) is 12.1 Å². The van der Waals surface area contributed by atoms with E-state index in [1.807, 2.05) is 0 Å². The van der Waals surface area contributed by atoms with Crippen molar-refractivity contribution in [1.82, 2.24) is 4.90 Å². The van der Waals surface area contributed by atoms with Gasteiger partial charge in [-0.05, 0) is 50.3 Å². The van der Waals surface area contributed by atoms with Crippen molar-refractivity contribution in [2.45, 2.75) is 59.0 Å². The van der Waals surface area contributed by atoms with Crippen LogP contribution in [0.4, 0.5) is 0 Å². The SMILES string of the molecule is CCC(N)C(c1cccc(C)c1)N1CCC(C)(C)CC1. The Kier molecular flexibility index (Phi) is 4.87. The maximum atomic E-state index is 6.46. The summed E-state index contributed by atoms with van der Waals surface area (Å²) in [6.45, 7) is 11.5. The lowest BCUT2D eigenvalue weighted by Crippen LogP contribution is -2.46. The molecule has 1 saturated heterocycles. The van der Waals surface area contributed by atoms with Crippen molar-refractivity contribution in [3.8, 4) is 0 Å². The zero-order valence-corrected chi connectivity index (χ0v) is 13.5. The largest absolute Gasteiger partial charge is 0.326 e. The van der Waals surface area contributed by atoms with Crippen molar-refractivity contribution in [2.75, 3.05) is 13.1 Å². The highest BCUT2D eigenvalue weighted by Crippen LogP contribution is 2.35. The van der Waals surface area contributed by atoms with E-state index in [2.05, 4.69) is 56.9 Å². The first kappa shape index (κ1) is 15.5. The van der Waals surface area contributed by atoms with Crippen LogP contribution in [0.25, 0.3) is 0 Å². The van der Waals surface area contributed by atoms with Crippen LogP contribution in [-0.2, 0) is 0 Å². The summed E-state index contributed by atoms with van der Waals surface area (Å²) in [5, 5.41) is 0. The number of hydrogen-bond donors (Lipinski definition) is 1. The molecule has 2 heteroatoms. The molecule has 0 aliphatic carbocycles. The molecular formula is C18H30N2. The van der Waals surface area contributed by atoms with Crippen LogP contribution in [0.5, 0.6) is 0 Å². The van der Waals surface area contributed by atoms with Gasteiger partial charge in [0.1, 0.15) is 0 Å². The van der Waals surface area contributed by atoms with Crippen LogP contribution in [0.3, 0.4) is 0 Å². The van der Waals surface area contributed by atoms with Crippen LogP contribution in [0.15, 0.2) is 24.3 Å². The number of nitrogens with zero attached hydrogens (tertiary/aromatic N) is 1. The topological polar surface area (TPSA) is 29.3 Å². The molecule has 20 heavy (non-hydrogen) atoms. The van der Waals surface area contributed by atoms with Gasteiger partial charge in [-0.3, -0.25) is 4.90 Å². The molecule has 0 spiro atoms. The molecule has 0 saturated carbocycles. The highest BCUT2D eigenvalue weighted by atomic mass is 15.2. The Morgan fingerprint density at radius 3 is 2.45 bits per heavy atom. The van der Waals surface area contributed by atoms with Gasteiger partial charge in [0.25, 0.3) is 0 Å². The Bertz CT molecular complexity index is 429. The van der Waals surface area contributed by atoms with Crippen LogP contribution in [0.1, 0.15) is 57.2 Å². The van der Waals surface area contributed by atoms with Gasteiger partial charge in [-0.15, -0.1) is 0 Å². The summed E-state index contributed by atoms with van der Waals surface area (Å²) >= 11 is 0. The molecule has 2 rings (SSSR count). The molecule has 112 valence electrons. The number of benzene rings is 1. The van der Waals surface area contributed by atoms with Crippen LogP contribution in [0, 0.1) is 12.3 Å². The van der Waals surface area contributed by atoms with Crippen molar-refractivity contribution in [3.05, 3.63) is 35.4 Å². The Balaban J connectivity index is 2.21. The zero-order chi connectivity index (χ0) is 14.8. The van der Waals surface area contributed by atoms with Crippen molar-refractivity contribution in [1.29, 1.82) is 0 Å². The second-order valence-corrected chi connectivity index (χ2v) is 7.13. The van der Waals surface area contributed by atoms with Crippen molar-refractivity contribution < 1.29 is 0 Å². The van der Waals surface area contributed by atoms with E-state index in [-0.39, 0.29) is 6.04 Å². The first-order chi connectivity index (χ1) is 9.43. The average molecular weight is 274 g/mol. The minimum Gasteiger partial charge on any atom is -0.326 e. The summed E-state index contributed by atoms with van der Waals surface area (Å²) in [5.74, 6) is 0. The lowest BCUT2D eigenvalue weighted by molar-refractivity contribution is 0.0809. The fourth-order valence-electron chi connectivity index (χ4n) is 3.21. The number of rotatable bonds is 4. The standard InChI is InChI=1S/C18H30N2/c1-5-16(19)17(15-8-6-7-14(2)13-15)20-11-9-18(3,4)10-12-20/h6-8,13,16-17H,5,9-12,19H2,1-4H3. The molecule has 1 heterocycles. The lowest BCUT2D eigenvalue weighted by atomic mass is 9.81. The van der Waals surface area contributed by atoms with Gasteiger partial charge in [-0.1, -0.05) is 50.6 Å². The molecule has 2 atom stereocenters. The molecule has 1 aliphatic heterocycles. The van der Waals surface area contributed by atoms with Crippen molar-refractivity contribution >= 4 is 0 Å². The normalized spacial score (nSPS) is 22.4. The molecule has 0 aromatic heterocycles. The minimum absolute atomic E-state index is 0.220. The number of hydrogen-bond acceptors (Lipinski definition) is 2. The van der Waals surface area contributed by atoms with Gasteiger partial charge in [0.05, 0.1) is 0 Å². The zero-order valence-electron chi connectivity index (χ0n) is 13.5. The third-order valence-electron chi connectivity index (χ3n) is 4.81. The summed E-state index contributed by atoms with van der Waals surface area (Å²) in [4.78, 5) is 2.61. The molecule has 1 aromatic rings. The quantitative estimate of drug-likeness (QED) is 0.902. The van der Waals surface area contributed by atoms with Gasteiger partial charge in [0.2, 0.25) is 0 Å². The average Bonchev–Trinajstić information content (AvgIpc) is 2.41. The molecule has 1 fully saturated rings. The van der Waals surface area contributed by atoms with E-state index in [1.165, 1.54) is 37.1 Å². The van der Waals surface area contributed by atoms with Crippen LogP contribution in [-0.4, -0.2) is 24.0 Å². The highest BCUT2D eigenvalue weighted by Gasteiger charge is 2.32. The monoisotopic (exact) mass is 274 g/mol. The maximum Gasteiger partial charge on any atom is 0.0499 e. The van der Waals surface area contributed by atoms with E-state index >= 15 is 0 Å². The number of nitrogens with two attached hydrogens (primary N) is 1. The molecule has 0 radical (unpaired) electrons. The number of likely N-dealkylation sites (tertiary alicyclic amines) is 1. The predicted molar refractivity (Wildman–Crippen MR) is 86.8 cm³/mol. The third-order valence-corrected chi connectivity index (χ3v) is 4.81. The number of piperidine rings is 1. The first-order valence-electron chi connectivity index (χ1n) is 7.99. The van der Waals surface area contributed by atoms with Gasteiger partial charge in [0.15, 0.2) is 0 Å². The molecule has 2 N–H and O–H groups in total. The molecular weight excluding hydrogens is 244 g/mol. The summed E-state index contributed by atoms with van der Waals surface area (Å²) in [6, 6.07) is 9.46. The van der Waals surface area contributed by atoms with Gasteiger partial charge in [-0.25, -0.2) is 0 Å². The Morgan fingerprint density at radius 2 is 1.90 bits per heavy atom. The van der Waals surface area contributed by atoms with E-state index in [0.29, 0.717) is 11.5 Å². The Labute approximate surface area is 124 Å². The van der Waals surface area contributed by atoms with Gasteiger partial charge in [-0.2, -0.15) is 0 Å². The predicted octanol–water partition coefficient (Wildman–Crippen LogP) is 3.90. The molecule has 1 aliphatic rings. The van der Waals surface area contributed by atoms with E-state index in [4.69, 9.17) is 5.73 Å². The molecule has 0 amide bonds. The fraction of sp³-hybridized carbons (Fsp3) is 0.667. The summed E-state index contributed by atoms with van der Waals surface area (Å²) in [5.41, 5.74) is 9.66. The second-order valence-electron chi connectivity index (χ2n) is 7.13. The fourth-order valence-corrected chi connectivity index (χ4v) is 3.21. The number of aryl methyl sites for hydroxylation is 1. The van der Waals surface area contributed by atoms with E-state index < -0.39 is 0 Å². The second kappa shape index (κ2) is 6.28. The third kappa shape index (κ3) is 3.62.